The van der Waals surface area contributed by atoms with Crippen LogP contribution >= 0.6 is 0 Å². The molecular formula is C16H16F3NO. The van der Waals surface area contributed by atoms with Crippen molar-refractivity contribution < 1.29 is 18.3 Å². The molecule has 1 aromatic carbocycles. The molecule has 1 aromatic heterocycles. The number of benzene rings is 1. The number of hydrogen-bond acceptors (Lipinski definition) is 2. The molecule has 0 aliphatic carbocycles. The summed E-state index contributed by atoms with van der Waals surface area (Å²) in [5.41, 5.74) is 1.11. The monoisotopic (exact) mass is 295 g/mol. The zero-order valence-electron chi connectivity index (χ0n) is 11.3. The topological polar surface area (TPSA) is 33.1 Å². The fourth-order valence-corrected chi connectivity index (χ4v) is 2.09. The average molecular weight is 295 g/mol. The van der Waals surface area contributed by atoms with E-state index in [1.54, 1.807) is 12.4 Å². The van der Waals surface area contributed by atoms with E-state index in [0.29, 0.717) is 24.8 Å². The summed E-state index contributed by atoms with van der Waals surface area (Å²) in [7, 11) is 0. The van der Waals surface area contributed by atoms with Crippen molar-refractivity contribution in [2.45, 2.75) is 31.5 Å². The zero-order valence-corrected chi connectivity index (χ0v) is 11.3. The number of aromatic nitrogens is 1. The Balaban J connectivity index is 1.86. The summed E-state index contributed by atoms with van der Waals surface area (Å²) in [4.78, 5) is 3.91. The Morgan fingerprint density at radius 3 is 2.14 bits per heavy atom. The fourth-order valence-electron chi connectivity index (χ4n) is 2.09. The molecule has 0 amide bonds. The molecule has 0 aliphatic heterocycles. The van der Waals surface area contributed by atoms with Gasteiger partial charge in [0.25, 0.3) is 0 Å². The highest BCUT2D eigenvalue weighted by Gasteiger charge is 2.29. The summed E-state index contributed by atoms with van der Waals surface area (Å²) >= 11 is 0. The van der Waals surface area contributed by atoms with Crippen LogP contribution in [0.4, 0.5) is 13.2 Å². The second kappa shape index (κ2) is 6.72. The minimum absolute atomic E-state index is 0.350. The third-order valence-electron chi connectivity index (χ3n) is 3.27. The molecule has 112 valence electrons. The lowest BCUT2D eigenvalue weighted by Crippen LogP contribution is -2.12. The molecular weight excluding hydrogens is 279 g/mol. The third kappa shape index (κ3) is 4.86. The highest BCUT2D eigenvalue weighted by molar-refractivity contribution is 5.25. The normalized spacial score (nSPS) is 13.1. The minimum Gasteiger partial charge on any atom is -0.393 e. The number of aliphatic hydroxyl groups excluding tert-OH is 1. The van der Waals surface area contributed by atoms with E-state index < -0.39 is 17.8 Å². The Kier molecular flexibility index (Phi) is 4.96. The average Bonchev–Trinajstić information content (AvgIpc) is 2.46. The van der Waals surface area contributed by atoms with E-state index in [-0.39, 0.29) is 0 Å². The lowest BCUT2D eigenvalue weighted by molar-refractivity contribution is -0.137. The van der Waals surface area contributed by atoms with E-state index in [1.165, 1.54) is 12.1 Å². The molecule has 21 heavy (non-hydrogen) atoms. The van der Waals surface area contributed by atoms with Crippen LogP contribution in [-0.2, 0) is 19.0 Å². The van der Waals surface area contributed by atoms with Gasteiger partial charge in [0.15, 0.2) is 0 Å². The first-order valence-electron chi connectivity index (χ1n) is 6.68. The quantitative estimate of drug-likeness (QED) is 0.913. The van der Waals surface area contributed by atoms with Gasteiger partial charge in [0, 0.05) is 12.4 Å². The van der Waals surface area contributed by atoms with E-state index in [2.05, 4.69) is 4.98 Å². The van der Waals surface area contributed by atoms with E-state index in [1.807, 2.05) is 12.1 Å². The zero-order chi connectivity index (χ0) is 15.3. The van der Waals surface area contributed by atoms with Gasteiger partial charge in [0.05, 0.1) is 11.7 Å². The van der Waals surface area contributed by atoms with Crippen LogP contribution in [0.3, 0.4) is 0 Å². The molecule has 0 fully saturated rings. The minimum atomic E-state index is -4.32. The molecule has 0 saturated heterocycles. The lowest BCUT2D eigenvalue weighted by atomic mass is 10.0. The molecule has 0 spiro atoms. The SMILES string of the molecule is OC(CCc1ccncc1)Cc1ccc(C(F)(F)F)cc1. The van der Waals surface area contributed by atoms with Crippen LogP contribution in [0.1, 0.15) is 23.1 Å². The summed E-state index contributed by atoms with van der Waals surface area (Å²) in [5, 5.41) is 9.96. The van der Waals surface area contributed by atoms with E-state index in [9.17, 15) is 18.3 Å². The van der Waals surface area contributed by atoms with Crippen molar-refractivity contribution in [3.63, 3.8) is 0 Å². The van der Waals surface area contributed by atoms with Crippen LogP contribution in [0.15, 0.2) is 48.8 Å². The first-order chi connectivity index (χ1) is 9.95. The second-order valence-electron chi connectivity index (χ2n) is 4.95. The predicted molar refractivity (Wildman–Crippen MR) is 73.7 cm³/mol. The molecule has 1 atom stereocenters. The van der Waals surface area contributed by atoms with Gasteiger partial charge in [-0.05, 0) is 54.7 Å². The van der Waals surface area contributed by atoms with Crippen LogP contribution in [0.5, 0.6) is 0 Å². The molecule has 1 unspecified atom stereocenters. The molecule has 0 saturated carbocycles. The van der Waals surface area contributed by atoms with Crippen LogP contribution in [-0.4, -0.2) is 16.2 Å². The molecule has 5 heteroatoms. The van der Waals surface area contributed by atoms with Gasteiger partial charge in [0.1, 0.15) is 0 Å². The van der Waals surface area contributed by atoms with Crippen molar-refractivity contribution in [2.24, 2.45) is 0 Å². The highest BCUT2D eigenvalue weighted by atomic mass is 19.4. The summed E-state index contributed by atoms with van der Waals surface area (Å²) in [6.45, 7) is 0. The van der Waals surface area contributed by atoms with Gasteiger partial charge in [-0.2, -0.15) is 13.2 Å². The van der Waals surface area contributed by atoms with Gasteiger partial charge >= 0.3 is 6.18 Å². The van der Waals surface area contributed by atoms with Crippen LogP contribution in [0.25, 0.3) is 0 Å². The summed E-state index contributed by atoms with van der Waals surface area (Å²) in [6, 6.07) is 8.68. The maximum atomic E-state index is 12.4. The Hall–Kier alpha value is -1.88. The molecule has 2 rings (SSSR count). The Bertz CT molecular complexity index is 552. The van der Waals surface area contributed by atoms with Gasteiger partial charge in [-0.25, -0.2) is 0 Å². The van der Waals surface area contributed by atoms with Gasteiger partial charge in [-0.1, -0.05) is 12.1 Å². The fraction of sp³-hybridized carbons (Fsp3) is 0.312. The number of hydrogen-bond donors (Lipinski definition) is 1. The Morgan fingerprint density at radius 1 is 0.952 bits per heavy atom. The summed E-state index contributed by atoms with van der Waals surface area (Å²) in [6.07, 6.45) is 0.113. The number of halogens is 3. The summed E-state index contributed by atoms with van der Waals surface area (Å²) < 4.78 is 37.3. The molecule has 1 heterocycles. The van der Waals surface area contributed by atoms with Gasteiger partial charge in [-0.15, -0.1) is 0 Å². The molecule has 2 aromatic rings. The maximum Gasteiger partial charge on any atom is 0.416 e. The predicted octanol–water partition coefficient (Wildman–Crippen LogP) is 3.64. The smallest absolute Gasteiger partial charge is 0.393 e. The number of rotatable bonds is 5. The first-order valence-corrected chi connectivity index (χ1v) is 6.68. The number of aliphatic hydroxyl groups is 1. The van der Waals surface area contributed by atoms with Crippen molar-refractivity contribution in [3.8, 4) is 0 Å². The lowest BCUT2D eigenvalue weighted by Gasteiger charge is -2.12. The Morgan fingerprint density at radius 2 is 1.57 bits per heavy atom. The van der Waals surface area contributed by atoms with Gasteiger partial charge < -0.3 is 5.11 Å². The number of nitrogens with zero attached hydrogens (tertiary/aromatic N) is 1. The van der Waals surface area contributed by atoms with Crippen molar-refractivity contribution in [2.75, 3.05) is 0 Å². The number of pyridine rings is 1. The van der Waals surface area contributed by atoms with Crippen molar-refractivity contribution in [1.82, 2.24) is 4.98 Å². The summed E-state index contributed by atoms with van der Waals surface area (Å²) in [5.74, 6) is 0. The third-order valence-corrected chi connectivity index (χ3v) is 3.27. The Labute approximate surface area is 121 Å². The van der Waals surface area contributed by atoms with E-state index in [4.69, 9.17) is 0 Å². The molecule has 0 radical (unpaired) electrons. The van der Waals surface area contributed by atoms with Crippen LogP contribution < -0.4 is 0 Å². The van der Waals surface area contributed by atoms with E-state index in [0.717, 1.165) is 17.7 Å². The standard InChI is InChI=1S/C16H16F3NO/c17-16(18,19)14-4-1-13(2-5-14)11-15(21)6-3-12-7-9-20-10-8-12/h1-2,4-5,7-10,15,21H,3,6,11H2. The number of aryl methyl sites for hydroxylation is 1. The van der Waals surface area contributed by atoms with Gasteiger partial charge in [0.2, 0.25) is 0 Å². The second-order valence-corrected chi connectivity index (χ2v) is 4.95. The largest absolute Gasteiger partial charge is 0.416 e. The van der Waals surface area contributed by atoms with Crippen molar-refractivity contribution in [1.29, 1.82) is 0 Å². The highest BCUT2D eigenvalue weighted by Crippen LogP contribution is 2.29. The van der Waals surface area contributed by atoms with Crippen molar-refractivity contribution in [3.05, 3.63) is 65.5 Å². The van der Waals surface area contributed by atoms with Gasteiger partial charge in [-0.3, -0.25) is 4.98 Å². The molecule has 0 bridgehead atoms. The van der Waals surface area contributed by atoms with E-state index >= 15 is 0 Å². The van der Waals surface area contributed by atoms with Crippen molar-refractivity contribution >= 4 is 0 Å². The molecule has 1 N–H and O–H groups in total. The maximum absolute atomic E-state index is 12.4. The molecule has 0 aliphatic rings. The van der Waals surface area contributed by atoms with Crippen LogP contribution in [0.2, 0.25) is 0 Å². The molecule has 2 nitrogen and oxygen atoms in total. The number of alkyl halides is 3. The first kappa shape index (κ1) is 15.5. The van der Waals surface area contributed by atoms with Crippen LogP contribution in [0, 0.1) is 0 Å².